The summed E-state index contributed by atoms with van der Waals surface area (Å²) in [5, 5.41) is 12.1. The van der Waals surface area contributed by atoms with E-state index in [0.29, 0.717) is 41.2 Å². The Hall–Kier alpha value is -3.59. The highest BCUT2D eigenvalue weighted by molar-refractivity contribution is 7.99. The van der Waals surface area contributed by atoms with Gasteiger partial charge in [-0.25, -0.2) is 0 Å². The quantitative estimate of drug-likeness (QED) is 0.322. The minimum atomic E-state index is -0.416. The molecular weight excluding hydrogens is 440 g/mol. The van der Waals surface area contributed by atoms with Crippen LogP contribution in [-0.4, -0.2) is 38.8 Å². The first kappa shape index (κ1) is 21.3. The van der Waals surface area contributed by atoms with Gasteiger partial charge < -0.3 is 14.8 Å². The van der Waals surface area contributed by atoms with E-state index >= 15 is 0 Å². The highest BCUT2D eigenvalue weighted by Crippen LogP contribution is 2.36. The van der Waals surface area contributed by atoms with Gasteiger partial charge in [-0.15, -0.1) is 16.8 Å². The lowest BCUT2D eigenvalue weighted by Crippen LogP contribution is -2.25. The summed E-state index contributed by atoms with van der Waals surface area (Å²) in [6.45, 7) is 6.45. The number of hydrogen-bond acceptors (Lipinski definition) is 7. The second-order valence-corrected chi connectivity index (χ2v) is 8.77. The smallest absolute Gasteiger partial charge is 0.231 e. The van der Waals surface area contributed by atoms with E-state index in [1.54, 1.807) is 24.3 Å². The van der Waals surface area contributed by atoms with Crippen LogP contribution < -0.4 is 14.8 Å². The van der Waals surface area contributed by atoms with E-state index in [4.69, 9.17) is 9.47 Å². The SMILES string of the molecule is C=CCn1c(SCC(=O)c2ccc3c(c2)[C@@H](C)C(=O)N3)nnc1[C@H]1COc2ccccc2O1. The van der Waals surface area contributed by atoms with E-state index in [-0.39, 0.29) is 23.4 Å². The van der Waals surface area contributed by atoms with Crippen molar-refractivity contribution in [2.75, 3.05) is 17.7 Å². The van der Waals surface area contributed by atoms with E-state index in [2.05, 4.69) is 22.1 Å². The normalized spacial score (nSPS) is 18.5. The van der Waals surface area contributed by atoms with Crippen molar-refractivity contribution in [1.82, 2.24) is 14.8 Å². The fraction of sp³-hybridized carbons (Fsp3) is 0.250. The molecule has 168 valence electrons. The van der Waals surface area contributed by atoms with E-state index in [9.17, 15) is 9.59 Å². The fourth-order valence-electron chi connectivity index (χ4n) is 3.90. The largest absolute Gasteiger partial charge is 0.485 e. The zero-order valence-electron chi connectivity index (χ0n) is 18.0. The number of para-hydroxylation sites is 2. The molecule has 3 heterocycles. The third kappa shape index (κ3) is 4.00. The maximum atomic E-state index is 12.9. The van der Waals surface area contributed by atoms with Crippen LogP contribution in [0, 0.1) is 0 Å². The topological polar surface area (TPSA) is 95.3 Å². The van der Waals surface area contributed by atoms with E-state index in [1.807, 2.05) is 35.8 Å². The van der Waals surface area contributed by atoms with Crippen LogP contribution in [0.2, 0.25) is 0 Å². The molecule has 9 heteroatoms. The molecule has 2 aliphatic rings. The first-order valence-corrected chi connectivity index (χ1v) is 11.6. The molecule has 1 amide bonds. The number of aromatic nitrogens is 3. The molecule has 1 aromatic heterocycles. The number of anilines is 1. The molecule has 0 saturated carbocycles. The van der Waals surface area contributed by atoms with Crippen molar-refractivity contribution in [2.45, 2.75) is 30.6 Å². The zero-order valence-corrected chi connectivity index (χ0v) is 18.8. The molecule has 0 radical (unpaired) electrons. The summed E-state index contributed by atoms with van der Waals surface area (Å²) < 4.78 is 13.8. The Labute approximate surface area is 195 Å². The lowest BCUT2D eigenvalue weighted by atomic mass is 9.99. The number of rotatable bonds is 7. The van der Waals surface area contributed by atoms with Gasteiger partial charge in [-0.2, -0.15) is 0 Å². The molecule has 5 rings (SSSR count). The van der Waals surface area contributed by atoms with Gasteiger partial charge in [-0.3, -0.25) is 14.2 Å². The number of ketones is 1. The van der Waals surface area contributed by atoms with Gasteiger partial charge in [-0.1, -0.05) is 30.0 Å². The number of nitrogens with zero attached hydrogens (tertiary/aromatic N) is 3. The van der Waals surface area contributed by atoms with Crippen LogP contribution in [0.5, 0.6) is 11.5 Å². The number of amides is 1. The van der Waals surface area contributed by atoms with Crippen LogP contribution in [0.25, 0.3) is 0 Å². The number of fused-ring (bicyclic) bond motifs is 2. The molecule has 0 fully saturated rings. The third-order valence-corrected chi connectivity index (χ3v) is 6.64. The van der Waals surface area contributed by atoms with Crippen molar-refractivity contribution in [2.24, 2.45) is 0 Å². The van der Waals surface area contributed by atoms with E-state index in [0.717, 1.165) is 11.3 Å². The summed E-state index contributed by atoms with van der Waals surface area (Å²) in [5.74, 6) is 1.81. The standard InChI is InChI=1S/C24H22N4O4S/c1-3-10-28-22(21-12-31-19-6-4-5-7-20(19)32-21)26-27-24(28)33-13-18(29)15-8-9-17-16(11-15)14(2)23(30)25-17/h3-9,11,14,21H,1,10,12-13H2,2H3,(H,25,30)/t14-,21-/m1/s1. The van der Waals surface area contributed by atoms with E-state index < -0.39 is 6.10 Å². The Kier molecular flexibility index (Phi) is 5.63. The first-order chi connectivity index (χ1) is 16.0. The number of carbonyl (C=O) groups excluding carboxylic acids is 2. The Morgan fingerprint density at radius 2 is 2.09 bits per heavy atom. The van der Waals surface area contributed by atoms with Crippen LogP contribution in [0.15, 0.2) is 60.3 Å². The van der Waals surface area contributed by atoms with Gasteiger partial charge in [0.25, 0.3) is 0 Å². The van der Waals surface area contributed by atoms with Crippen LogP contribution in [-0.2, 0) is 11.3 Å². The summed E-state index contributed by atoms with van der Waals surface area (Å²) in [6, 6.07) is 12.8. The maximum absolute atomic E-state index is 12.9. The summed E-state index contributed by atoms with van der Waals surface area (Å²) in [5.41, 5.74) is 2.19. The maximum Gasteiger partial charge on any atom is 0.231 e. The Morgan fingerprint density at radius 3 is 2.91 bits per heavy atom. The van der Waals surface area contributed by atoms with Crippen LogP contribution >= 0.6 is 11.8 Å². The molecule has 2 aromatic carbocycles. The molecule has 0 unspecified atom stereocenters. The molecule has 0 saturated heterocycles. The molecule has 2 aliphatic heterocycles. The fourth-order valence-corrected chi connectivity index (χ4v) is 4.75. The number of nitrogens with one attached hydrogen (secondary N) is 1. The van der Waals surface area contributed by atoms with Crippen molar-refractivity contribution >= 4 is 29.1 Å². The average Bonchev–Trinajstić information content (AvgIpc) is 3.37. The number of thioether (sulfide) groups is 1. The molecule has 2 atom stereocenters. The minimum Gasteiger partial charge on any atom is -0.485 e. The zero-order chi connectivity index (χ0) is 22.9. The summed E-state index contributed by atoms with van der Waals surface area (Å²) in [7, 11) is 0. The van der Waals surface area contributed by atoms with Gasteiger partial charge in [0.1, 0.15) is 6.61 Å². The number of Topliss-reactive ketones (excluding diaryl/α,β-unsaturated/α-hetero) is 1. The van der Waals surface area contributed by atoms with Gasteiger partial charge in [0.05, 0.1) is 11.7 Å². The second-order valence-electron chi connectivity index (χ2n) is 7.83. The molecule has 8 nitrogen and oxygen atoms in total. The summed E-state index contributed by atoms with van der Waals surface area (Å²) in [4.78, 5) is 24.8. The molecule has 0 spiro atoms. The average molecular weight is 463 g/mol. The van der Waals surface area contributed by atoms with Crippen molar-refractivity contribution < 1.29 is 19.1 Å². The van der Waals surface area contributed by atoms with Crippen molar-refractivity contribution in [1.29, 1.82) is 0 Å². The lowest BCUT2D eigenvalue weighted by Gasteiger charge is -2.26. The van der Waals surface area contributed by atoms with E-state index in [1.165, 1.54) is 11.8 Å². The number of allylic oxidation sites excluding steroid dienone is 1. The molecular formula is C24H22N4O4S. The molecule has 3 aromatic rings. The number of carbonyl (C=O) groups is 2. The van der Waals surface area contributed by atoms with Gasteiger partial charge in [-0.05, 0) is 42.8 Å². The molecule has 33 heavy (non-hydrogen) atoms. The van der Waals surface area contributed by atoms with Crippen LogP contribution in [0.1, 0.15) is 40.7 Å². The van der Waals surface area contributed by atoms with Crippen molar-refractivity contribution in [3.63, 3.8) is 0 Å². The lowest BCUT2D eigenvalue weighted by molar-refractivity contribution is -0.116. The van der Waals surface area contributed by atoms with Gasteiger partial charge >= 0.3 is 0 Å². The third-order valence-electron chi connectivity index (χ3n) is 5.68. The number of ether oxygens (including phenoxy) is 2. The summed E-state index contributed by atoms with van der Waals surface area (Å²) >= 11 is 1.31. The van der Waals surface area contributed by atoms with Crippen LogP contribution in [0.4, 0.5) is 5.69 Å². The molecule has 0 bridgehead atoms. The van der Waals surface area contributed by atoms with Gasteiger partial charge in [0.15, 0.2) is 34.4 Å². The highest BCUT2D eigenvalue weighted by atomic mass is 32.2. The number of hydrogen-bond donors (Lipinski definition) is 1. The second kappa shape index (κ2) is 8.74. The van der Waals surface area contributed by atoms with Crippen molar-refractivity contribution in [3.8, 4) is 11.5 Å². The first-order valence-electron chi connectivity index (χ1n) is 10.6. The van der Waals surface area contributed by atoms with Gasteiger partial charge in [0, 0.05) is 17.8 Å². The summed E-state index contributed by atoms with van der Waals surface area (Å²) in [6.07, 6.45) is 1.34. The predicted molar refractivity (Wildman–Crippen MR) is 124 cm³/mol. The predicted octanol–water partition coefficient (Wildman–Crippen LogP) is 4.01. The Balaban J connectivity index is 1.32. The monoisotopic (exact) mass is 462 g/mol. The van der Waals surface area contributed by atoms with Crippen molar-refractivity contribution in [3.05, 3.63) is 72.1 Å². The van der Waals surface area contributed by atoms with Gasteiger partial charge in [0.2, 0.25) is 5.91 Å². The minimum absolute atomic E-state index is 0.0461. The van der Waals surface area contributed by atoms with Crippen LogP contribution in [0.3, 0.4) is 0 Å². The Bertz CT molecular complexity index is 1260. The molecule has 1 N–H and O–H groups in total. The number of benzene rings is 2. The Morgan fingerprint density at radius 1 is 1.27 bits per heavy atom. The molecule has 0 aliphatic carbocycles. The highest BCUT2D eigenvalue weighted by Gasteiger charge is 2.29.